The van der Waals surface area contributed by atoms with Crippen molar-refractivity contribution in [3.05, 3.63) is 134 Å². The Labute approximate surface area is 420 Å². The fourth-order valence-electron chi connectivity index (χ4n) is 7.48. The Bertz CT molecular complexity index is 1530. The molecule has 0 spiro atoms. The molecule has 0 bridgehead atoms. The summed E-state index contributed by atoms with van der Waals surface area (Å²) in [5.41, 5.74) is 0. The van der Waals surface area contributed by atoms with Gasteiger partial charge >= 0.3 is 0 Å². The Morgan fingerprint density at radius 3 is 1.33 bits per heavy atom. The summed E-state index contributed by atoms with van der Waals surface area (Å²) in [6, 6.07) is -0.811. The number of aliphatic hydroxyl groups excluding tert-OH is 5. The number of nitrogens with one attached hydrogen (secondary N) is 1. The SMILES string of the molecule is CC/C=C\C/C=C\C/C=C\C/C=C\C/C=C\C/C=C\C/C=C\C/C=C\C/C=C\C/C=C\CCCCCCCCCCCCC(=O)NC(COC1OC(CO)C(O)C(O)C1O)C(O)/C=C/CCCCC. The number of allylic oxidation sites excluding steroid dienone is 21. The molecule has 390 valence electrons. The van der Waals surface area contributed by atoms with Crippen LogP contribution in [0.5, 0.6) is 0 Å². The number of carbonyl (C=O) groups excluding carboxylic acids is 1. The van der Waals surface area contributed by atoms with Crippen LogP contribution < -0.4 is 5.32 Å². The minimum atomic E-state index is -1.57. The van der Waals surface area contributed by atoms with Crippen LogP contribution in [-0.2, 0) is 14.3 Å². The summed E-state index contributed by atoms with van der Waals surface area (Å²) in [5, 5.41) is 53.8. The lowest BCUT2D eigenvalue weighted by atomic mass is 9.99. The van der Waals surface area contributed by atoms with Crippen LogP contribution in [0.2, 0.25) is 0 Å². The summed E-state index contributed by atoms with van der Waals surface area (Å²) < 4.78 is 11.1. The highest BCUT2D eigenvalue weighted by atomic mass is 16.7. The van der Waals surface area contributed by atoms with Gasteiger partial charge in [0, 0.05) is 6.42 Å². The van der Waals surface area contributed by atoms with Crippen molar-refractivity contribution < 1.29 is 39.8 Å². The van der Waals surface area contributed by atoms with E-state index < -0.39 is 49.5 Å². The van der Waals surface area contributed by atoms with E-state index in [-0.39, 0.29) is 12.5 Å². The monoisotopic (exact) mass is 960 g/mol. The molecule has 0 saturated carbocycles. The molecule has 0 radical (unpaired) electrons. The molecule has 7 unspecified atom stereocenters. The van der Waals surface area contributed by atoms with Gasteiger partial charge in [0.2, 0.25) is 5.91 Å². The number of aliphatic hydroxyl groups is 5. The highest BCUT2D eigenvalue weighted by Gasteiger charge is 2.44. The molecule has 0 aromatic rings. The lowest BCUT2D eigenvalue weighted by Gasteiger charge is -2.40. The first-order valence-electron chi connectivity index (χ1n) is 26.9. The van der Waals surface area contributed by atoms with Gasteiger partial charge in [-0.3, -0.25) is 4.79 Å². The van der Waals surface area contributed by atoms with Gasteiger partial charge in [0.1, 0.15) is 24.4 Å². The molecule has 1 aliphatic rings. The van der Waals surface area contributed by atoms with Crippen LogP contribution in [0, 0.1) is 0 Å². The molecule has 0 aliphatic carbocycles. The molecule has 7 atom stereocenters. The molecule has 0 aromatic heterocycles. The minimum absolute atomic E-state index is 0.196. The minimum Gasteiger partial charge on any atom is -0.394 e. The van der Waals surface area contributed by atoms with E-state index in [1.165, 1.54) is 38.5 Å². The molecule has 1 aliphatic heterocycles. The van der Waals surface area contributed by atoms with Crippen molar-refractivity contribution in [1.82, 2.24) is 5.32 Å². The van der Waals surface area contributed by atoms with Crippen molar-refractivity contribution in [3.63, 3.8) is 0 Å². The van der Waals surface area contributed by atoms with Gasteiger partial charge in [-0.1, -0.05) is 212 Å². The van der Waals surface area contributed by atoms with Crippen molar-refractivity contribution >= 4 is 5.91 Å². The maximum atomic E-state index is 12.9. The highest BCUT2D eigenvalue weighted by molar-refractivity contribution is 5.76. The number of rotatable bonds is 43. The van der Waals surface area contributed by atoms with Gasteiger partial charge in [0.15, 0.2) is 6.29 Å². The van der Waals surface area contributed by atoms with Crippen LogP contribution in [0.4, 0.5) is 0 Å². The Balaban J connectivity index is 2.05. The summed E-state index contributed by atoms with van der Waals surface area (Å²) >= 11 is 0. The van der Waals surface area contributed by atoms with Crippen molar-refractivity contribution in [2.75, 3.05) is 13.2 Å². The Morgan fingerprint density at radius 2 is 0.899 bits per heavy atom. The topological polar surface area (TPSA) is 149 Å². The molecular weight excluding hydrogens is 863 g/mol. The largest absolute Gasteiger partial charge is 0.394 e. The van der Waals surface area contributed by atoms with E-state index >= 15 is 0 Å². The molecule has 1 amide bonds. The van der Waals surface area contributed by atoms with E-state index in [1.807, 2.05) is 6.08 Å². The molecule has 1 rings (SSSR count). The van der Waals surface area contributed by atoms with Crippen LogP contribution in [0.1, 0.15) is 181 Å². The number of amides is 1. The van der Waals surface area contributed by atoms with Crippen LogP contribution >= 0.6 is 0 Å². The number of hydrogen-bond acceptors (Lipinski definition) is 8. The zero-order valence-corrected chi connectivity index (χ0v) is 43.0. The maximum absolute atomic E-state index is 12.9. The average Bonchev–Trinajstić information content (AvgIpc) is 3.35. The predicted octanol–water partition coefficient (Wildman–Crippen LogP) is 12.9. The number of ether oxygens (including phenoxy) is 2. The van der Waals surface area contributed by atoms with Gasteiger partial charge in [0.25, 0.3) is 0 Å². The van der Waals surface area contributed by atoms with Crippen molar-refractivity contribution in [2.45, 2.75) is 224 Å². The Morgan fingerprint density at radius 1 is 0.507 bits per heavy atom. The standard InChI is InChI=1S/C60H97NO8/c1-3-5-7-9-10-11-12-13-14-15-16-17-18-19-20-21-22-23-24-25-26-27-28-29-30-31-32-33-34-35-36-37-38-39-40-41-42-43-44-46-48-50-56(64)61-53(54(63)49-47-45-8-6-4-2)52-68-60-59(67)58(66)57(65)55(51-62)69-60/h5,7,10-11,13-14,16-17,19-20,22-23,25-26,28-29,31-32,34-35,47,49,53-55,57-60,62-63,65-67H,3-4,6,8-9,12,15,18,21,24,27,30,33,36-46,48,50-52H2,1-2H3,(H,61,64)/b7-5-,11-10-,14-13-,17-16-,20-19-,23-22-,26-25-,29-28-,32-31-,35-34-,49-47+. The fourth-order valence-corrected chi connectivity index (χ4v) is 7.48. The first-order valence-corrected chi connectivity index (χ1v) is 26.9. The molecular formula is C60H97NO8. The van der Waals surface area contributed by atoms with Crippen LogP contribution in [0.25, 0.3) is 0 Å². The van der Waals surface area contributed by atoms with Crippen LogP contribution in [-0.4, -0.2) is 87.5 Å². The number of carbonyl (C=O) groups is 1. The third kappa shape index (κ3) is 37.8. The normalized spacial score (nSPS) is 20.6. The molecule has 0 aromatic carbocycles. The van der Waals surface area contributed by atoms with E-state index in [4.69, 9.17) is 9.47 Å². The zero-order chi connectivity index (χ0) is 50.1. The van der Waals surface area contributed by atoms with Crippen molar-refractivity contribution in [1.29, 1.82) is 0 Å². The highest BCUT2D eigenvalue weighted by Crippen LogP contribution is 2.22. The molecule has 1 fully saturated rings. The lowest BCUT2D eigenvalue weighted by Crippen LogP contribution is -2.60. The Kier molecular flexibility index (Phi) is 44.0. The molecule has 1 heterocycles. The number of hydrogen-bond donors (Lipinski definition) is 6. The van der Waals surface area contributed by atoms with Gasteiger partial charge in [-0.15, -0.1) is 0 Å². The molecule has 9 nitrogen and oxygen atoms in total. The second kappa shape index (κ2) is 48.0. The first kappa shape index (κ1) is 63.3. The van der Waals surface area contributed by atoms with E-state index in [9.17, 15) is 30.3 Å². The van der Waals surface area contributed by atoms with Crippen LogP contribution in [0.3, 0.4) is 0 Å². The van der Waals surface area contributed by atoms with Gasteiger partial charge in [-0.05, 0) is 96.3 Å². The Hall–Kier alpha value is -3.67. The van der Waals surface area contributed by atoms with E-state index in [0.29, 0.717) is 6.42 Å². The quantitative estimate of drug-likeness (QED) is 0.0261. The summed E-state index contributed by atoms with van der Waals surface area (Å²) in [7, 11) is 0. The first-order chi connectivity index (χ1) is 33.8. The van der Waals surface area contributed by atoms with Crippen molar-refractivity contribution in [3.8, 4) is 0 Å². The third-order valence-corrected chi connectivity index (χ3v) is 11.7. The van der Waals surface area contributed by atoms with Gasteiger partial charge < -0.3 is 40.3 Å². The fraction of sp³-hybridized carbons (Fsp3) is 0.617. The van der Waals surface area contributed by atoms with Crippen LogP contribution in [0.15, 0.2) is 134 Å². The summed E-state index contributed by atoms with van der Waals surface area (Å²) in [6.07, 6.45) is 67.2. The van der Waals surface area contributed by atoms with E-state index in [0.717, 1.165) is 122 Å². The van der Waals surface area contributed by atoms with Crippen molar-refractivity contribution in [2.24, 2.45) is 0 Å². The summed E-state index contributed by atoms with van der Waals surface area (Å²) in [4.78, 5) is 12.9. The average molecular weight is 960 g/mol. The second-order valence-corrected chi connectivity index (χ2v) is 17.9. The van der Waals surface area contributed by atoms with Gasteiger partial charge in [0.05, 0.1) is 25.4 Å². The number of unbranched alkanes of at least 4 members (excludes halogenated alkanes) is 13. The summed E-state index contributed by atoms with van der Waals surface area (Å²) in [6.45, 7) is 3.52. The second-order valence-electron chi connectivity index (χ2n) is 17.9. The molecule has 69 heavy (non-hydrogen) atoms. The smallest absolute Gasteiger partial charge is 0.220 e. The van der Waals surface area contributed by atoms with E-state index in [1.54, 1.807) is 6.08 Å². The van der Waals surface area contributed by atoms with Gasteiger partial charge in [-0.25, -0.2) is 0 Å². The summed E-state index contributed by atoms with van der Waals surface area (Å²) in [5.74, 6) is -0.196. The molecule has 6 N–H and O–H groups in total. The van der Waals surface area contributed by atoms with Gasteiger partial charge in [-0.2, -0.15) is 0 Å². The zero-order valence-electron chi connectivity index (χ0n) is 43.0. The third-order valence-electron chi connectivity index (χ3n) is 11.7. The predicted molar refractivity (Wildman–Crippen MR) is 290 cm³/mol. The van der Waals surface area contributed by atoms with E-state index in [2.05, 4.69) is 141 Å². The lowest BCUT2D eigenvalue weighted by molar-refractivity contribution is -0.302. The molecule has 1 saturated heterocycles. The molecule has 9 heteroatoms. The maximum Gasteiger partial charge on any atom is 0.220 e.